The second-order valence-electron chi connectivity index (χ2n) is 4.63. The van der Waals surface area contributed by atoms with E-state index < -0.39 is 21.9 Å². The molecule has 0 spiro atoms. The van der Waals surface area contributed by atoms with Gasteiger partial charge in [-0.2, -0.15) is 21.6 Å². The molecule has 6 nitrogen and oxygen atoms in total. The zero-order valence-electron chi connectivity index (χ0n) is 11.2. The molecule has 1 fully saturated rings. The molecule has 0 unspecified atom stereocenters. The summed E-state index contributed by atoms with van der Waals surface area (Å²) >= 11 is 0. The number of rotatable bonds is 1. The minimum absolute atomic E-state index is 0.0871. The highest BCUT2D eigenvalue weighted by atomic mass is 32.2. The first-order valence-corrected chi connectivity index (χ1v) is 7.78. The molecule has 1 aliphatic heterocycles. The first-order valence-electron chi connectivity index (χ1n) is 5.93. The Morgan fingerprint density at radius 1 is 1.43 bits per heavy atom. The van der Waals surface area contributed by atoms with Gasteiger partial charge in [0.2, 0.25) is 0 Å². The van der Waals surface area contributed by atoms with E-state index in [1.165, 1.54) is 6.07 Å². The lowest BCUT2D eigenvalue weighted by atomic mass is 10.3. The Labute approximate surface area is 120 Å². The summed E-state index contributed by atoms with van der Waals surface area (Å²) in [6.45, 7) is 1.40. The second kappa shape index (κ2) is 6.58. The summed E-state index contributed by atoms with van der Waals surface area (Å²) in [5, 5.41) is 0. The van der Waals surface area contributed by atoms with Crippen LogP contribution in [0.4, 0.5) is 19.0 Å². The van der Waals surface area contributed by atoms with E-state index in [1.54, 1.807) is 0 Å². The summed E-state index contributed by atoms with van der Waals surface area (Å²) in [6.07, 6.45) is -1.90. The first kappa shape index (κ1) is 17.7. The average molecular weight is 327 g/mol. The smallest absolute Gasteiger partial charge is 0.355 e. The Morgan fingerprint density at radius 2 is 2.00 bits per heavy atom. The summed E-state index contributed by atoms with van der Waals surface area (Å²) in [4.78, 5) is 5.71. The van der Waals surface area contributed by atoms with Gasteiger partial charge >= 0.3 is 6.18 Å². The Bertz CT molecular complexity index is 552. The molecule has 1 saturated heterocycles. The van der Waals surface area contributed by atoms with Gasteiger partial charge in [0.1, 0.15) is 5.82 Å². The summed E-state index contributed by atoms with van der Waals surface area (Å²) in [5.74, 6) is 0.556. The van der Waals surface area contributed by atoms with Crippen molar-refractivity contribution in [3.8, 4) is 0 Å². The number of aromatic nitrogens is 1. The lowest BCUT2D eigenvalue weighted by molar-refractivity contribution is -0.137. The quantitative estimate of drug-likeness (QED) is 0.751. The van der Waals surface area contributed by atoms with Crippen molar-refractivity contribution in [3.63, 3.8) is 0 Å². The zero-order chi connectivity index (χ0) is 16.3. The highest BCUT2D eigenvalue weighted by Gasteiger charge is 2.31. The topological polar surface area (TPSA) is 96.5 Å². The Hall–Kier alpha value is -1.39. The lowest BCUT2D eigenvalue weighted by Crippen LogP contribution is -2.26. The number of nitrogens with zero attached hydrogens (tertiary/aromatic N) is 2. The molecule has 1 aliphatic rings. The average Bonchev–Trinajstić information content (AvgIpc) is 2.73. The molecule has 10 heteroatoms. The van der Waals surface area contributed by atoms with Crippen molar-refractivity contribution in [1.82, 2.24) is 4.98 Å². The van der Waals surface area contributed by atoms with Gasteiger partial charge in [0.05, 0.1) is 11.8 Å². The number of anilines is 1. The third kappa shape index (κ3) is 6.74. The molecule has 2 heterocycles. The maximum atomic E-state index is 12.3. The molecule has 2 rings (SSSR count). The van der Waals surface area contributed by atoms with Crippen molar-refractivity contribution in [2.45, 2.75) is 18.6 Å². The van der Waals surface area contributed by atoms with Crippen LogP contribution in [-0.4, -0.2) is 43.3 Å². The van der Waals surface area contributed by atoms with Crippen LogP contribution in [0.2, 0.25) is 0 Å². The number of hydrogen-bond donors (Lipinski definition) is 2. The van der Waals surface area contributed by atoms with E-state index in [-0.39, 0.29) is 6.04 Å². The minimum atomic E-state index is -4.33. The molecule has 0 aromatic carbocycles. The summed E-state index contributed by atoms with van der Waals surface area (Å²) < 4.78 is 62.7. The van der Waals surface area contributed by atoms with E-state index in [0.717, 1.165) is 25.2 Å². The number of hydrogen-bond acceptors (Lipinski definition) is 5. The van der Waals surface area contributed by atoms with Gasteiger partial charge in [-0.15, -0.1) is 0 Å². The van der Waals surface area contributed by atoms with Crippen LogP contribution >= 0.6 is 0 Å². The molecule has 1 aromatic heterocycles. The van der Waals surface area contributed by atoms with E-state index in [2.05, 4.69) is 4.98 Å². The van der Waals surface area contributed by atoms with Crippen LogP contribution in [0, 0.1) is 0 Å². The van der Waals surface area contributed by atoms with Crippen LogP contribution in [-0.2, 0) is 16.3 Å². The Kier molecular flexibility index (Phi) is 5.54. The van der Waals surface area contributed by atoms with Gasteiger partial charge in [0, 0.05) is 25.3 Å². The Morgan fingerprint density at radius 3 is 2.33 bits per heavy atom. The van der Waals surface area contributed by atoms with Crippen molar-refractivity contribution in [1.29, 1.82) is 0 Å². The van der Waals surface area contributed by atoms with Crippen LogP contribution < -0.4 is 10.6 Å². The third-order valence-electron chi connectivity index (χ3n) is 2.62. The number of nitrogens with two attached hydrogens (primary N) is 1. The van der Waals surface area contributed by atoms with Crippen LogP contribution in [0.25, 0.3) is 0 Å². The van der Waals surface area contributed by atoms with Crippen molar-refractivity contribution in [3.05, 3.63) is 23.9 Å². The maximum Gasteiger partial charge on any atom is 0.417 e. The molecule has 1 aromatic rings. The molecule has 21 heavy (non-hydrogen) atoms. The molecule has 0 radical (unpaired) electrons. The molecule has 0 bridgehead atoms. The number of alkyl halides is 3. The predicted octanol–water partition coefficient (Wildman–Crippen LogP) is 1.14. The number of halogens is 3. The molecule has 0 amide bonds. The zero-order valence-corrected chi connectivity index (χ0v) is 12.0. The van der Waals surface area contributed by atoms with Crippen molar-refractivity contribution in [2.75, 3.05) is 24.2 Å². The molecule has 0 saturated carbocycles. The predicted molar refractivity (Wildman–Crippen MR) is 71.5 cm³/mol. The van der Waals surface area contributed by atoms with E-state index in [4.69, 9.17) is 10.3 Å². The largest absolute Gasteiger partial charge is 0.417 e. The lowest BCUT2D eigenvalue weighted by Gasteiger charge is -2.17. The van der Waals surface area contributed by atoms with E-state index >= 15 is 0 Å². The van der Waals surface area contributed by atoms with Gasteiger partial charge in [-0.3, -0.25) is 4.55 Å². The Balaban J connectivity index is 0.000000383. The van der Waals surface area contributed by atoms with E-state index in [9.17, 15) is 21.6 Å². The van der Waals surface area contributed by atoms with Gasteiger partial charge in [-0.25, -0.2) is 4.98 Å². The van der Waals surface area contributed by atoms with Crippen LogP contribution in [0.1, 0.15) is 12.0 Å². The fraction of sp³-hybridized carbons (Fsp3) is 0.545. The van der Waals surface area contributed by atoms with Crippen molar-refractivity contribution in [2.24, 2.45) is 5.73 Å². The SMILES string of the molecule is CS(=O)(=O)O.N[C@H]1CCN(c2ccc(C(F)(F)F)cn2)C1. The standard InChI is InChI=1S/C10H12F3N3.CH4O3S/c11-10(12,13)7-1-2-9(15-5-7)16-4-3-8(14)6-16;1-5(2,3)4/h1-2,5,8H,3-4,6,14H2;1H3,(H,2,3,4)/t8-;/m0./s1. The van der Waals surface area contributed by atoms with Crippen molar-refractivity contribution >= 4 is 15.9 Å². The first-order chi connectivity index (χ1) is 9.47. The van der Waals surface area contributed by atoms with E-state index in [0.29, 0.717) is 18.6 Å². The molecular weight excluding hydrogens is 311 g/mol. The van der Waals surface area contributed by atoms with Gasteiger partial charge in [0.15, 0.2) is 0 Å². The van der Waals surface area contributed by atoms with Crippen LogP contribution in [0.3, 0.4) is 0 Å². The number of pyridine rings is 1. The van der Waals surface area contributed by atoms with Gasteiger partial charge in [-0.1, -0.05) is 0 Å². The molecule has 120 valence electrons. The van der Waals surface area contributed by atoms with Gasteiger partial charge < -0.3 is 10.6 Å². The maximum absolute atomic E-state index is 12.3. The highest BCUT2D eigenvalue weighted by molar-refractivity contribution is 7.85. The normalized spacial score (nSPS) is 19.1. The summed E-state index contributed by atoms with van der Waals surface area (Å²) in [6, 6.07) is 2.52. The summed E-state index contributed by atoms with van der Waals surface area (Å²) in [5.41, 5.74) is 4.99. The van der Waals surface area contributed by atoms with Crippen molar-refractivity contribution < 1.29 is 26.1 Å². The fourth-order valence-electron chi connectivity index (χ4n) is 1.74. The second-order valence-corrected chi connectivity index (χ2v) is 6.10. The molecule has 1 atom stereocenters. The summed E-state index contributed by atoms with van der Waals surface area (Å²) in [7, 11) is -3.67. The van der Waals surface area contributed by atoms with E-state index in [1.807, 2.05) is 4.90 Å². The molecule has 3 N–H and O–H groups in total. The fourth-order valence-corrected chi connectivity index (χ4v) is 1.74. The molecular formula is C11H16F3N3O3S. The third-order valence-corrected chi connectivity index (χ3v) is 2.62. The van der Waals surface area contributed by atoms with Gasteiger partial charge in [-0.05, 0) is 18.6 Å². The monoisotopic (exact) mass is 327 g/mol. The van der Waals surface area contributed by atoms with Crippen LogP contribution in [0.15, 0.2) is 18.3 Å². The van der Waals surface area contributed by atoms with Gasteiger partial charge in [0.25, 0.3) is 10.1 Å². The highest BCUT2D eigenvalue weighted by Crippen LogP contribution is 2.29. The van der Waals surface area contributed by atoms with Crippen LogP contribution in [0.5, 0.6) is 0 Å². The molecule has 0 aliphatic carbocycles. The minimum Gasteiger partial charge on any atom is -0.355 e.